The summed E-state index contributed by atoms with van der Waals surface area (Å²) < 4.78 is 0. The molecular weight excluding hydrogens is 124 g/mol. The molecule has 0 aliphatic carbocycles. The van der Waals surface area contributed by atoms with Crippen LogP contribution in [0.1, 0.15) is 32.6 Å². The van der Waals surface area contributed by atoms with Crippen LogP contribution in [0, 0.1) is 7.43 Å². The van der Waals surface area contributed by atoms with Crippen LogP contribution in [0.25, 0.3) is 0 Å². The Bertz CT molecular complexity index is 84.7. The standard InChI is InChI=1S/C8H14O.C/c1-2-3-4-5-6-7-8-9;/h6-8H,2-5H2,1H3;. The summed E-state index contributed by atoms with van der Waals surface area (Å²) in [7, 11) is 0. The van der Waals surface area contributed by atoms with Gasteiger partial charge in [-0.3, -0.25) is 4.79 Å². The molecule has 0 atom stereocenters. The summed E-state index contributed by atoms with van der Waals surface area (Å²) in [5, 5.41) is 0. The zero-order valence-corrected chi connectivity index (χ0v) is 6.47. The van der Waals surface area contributed by atoms with Gasteiger partial charge in [0.05, 0.1) is 0 Å². The highest BCUT2D eigenvalue weighted by Crippen LogP contribution is 1.98. The van der Waals surface area contributed by atoms with E-state index < -0.39 is 0 Å². The predicted octanol–water partition coefficient (Wildman–Crippen LogP) is 2.40. The normalized spacial score (nSPS) is 9.30. The van der Waals surface area contributed by atoms with Crippen molar-refractivity contribution in [2.45, 2.75) is 32.6 Å². The van der Waals surface area contributed by atoms with Crippen LogP contribution in [0.3, 0.4) is 0 Å². The van der Waals surface area contributed by atoms with Gasteiger partial charge in [-0.15, -0.1) is 0 Å². The fourth-order valence-electron chi connectivity index (χ4n) is 0.664. The quantitative estimate of drug-likeness (QED) is 0.324. The van der Waals surface area contributed by atoms with Crippen molar-refractivity contribution in [3.05, 3.63) is 19.6 Å². The van der Waals surface area contributed by atoms with Crippen molar-refractivity contribution >= 4 is 6.29 Å². The number of aldehydes is 1. The average Bonchev–Trinajstić information content (AvgIpc) is 1.89. The van der Waals surface area contributed by atoms with Crippen LogP contribution in [-0.2, 0) is 4.79 Å². The van der Waals surface area contributed by atoms with E-state index in [4.69, 9.17) is 0 Å². The second-order valence-corrected chi connectivity index (χ2v) is 2.06. The lowest BCUT2D eigenvalue weighted by Gasteiger charge is -1.88. The van der Waals surface area contributed by atoms with Gasteiger partial charge in [0.2, 0.25) is 0 Å². The summed E-state index contributed by atoms with van der Waals surface area (Å²) in [6, 6.07) is 0. The highest BCUT2D eigenvalue weighted by Gasteiger charge is 1.79. The van der Waals surface area contributed by atoms with E-state index in [1.165, 1.54) is 19.3 Å². The Morgan fingerprint density at radius 1 is 1.30 bits per heavy atom. The molecule has 0 saturated carbocycles. The van der Waals surface area contributed by atoms with E-state index in [9.17, 15) is 4.79 Å². The van der Waals surface area contributed by atoms with E-state index in [0.717, 1.165) is 12.7 Å². The fourth-order valence-corrected chi connectivity index (χ4v) is 0.664. The van der Waals surface area contributed by atoms with Gasteiger partial charge < -0.3 is 0 Å². The van der Waals surface area contributed by atoms with Crippen molar-refractivity contribution in [1.29, 1.82) is 0 Å². The van der Waals surface area contributed by atoms with Gasteiger partial charge in [0, 0.05) is 7.43 Å². The number of carbonyl (C=O) groups excluding carboxylic acids is 1. The Kier molecular flexibility index (Phi) is 13.6. The molecule has 4 radical (unpaired) electrons. The van der Waals surface area contributed by atoms with Gasteiger partial charge in [-0.1, -0.05) is 25.8 Å². The maximum absolute atomic E-state index is 9.75. The van der Waals surface area contributed by atoms with Crippen molar-refractivity contribution in [3.8, 4) is 0 Å². The smallest absolute Gasteiger partial charge is 0.142 e. The van der Waals surface area contributed by atoms with Crippen LogP contribution < -0.4 is 0 Å². The van der Waals surface area contributed by atoms with Gasteiger partial charge in [-0.25, -0.2) is 0 Å². The van der Waals surface area contributed by atoms with Crippen LogP contribution in [0.4, 0.5) is 0 Å². The second-order valence-electron chi connectivity index (χ2n) is 2.06. The van der Waals surface area contributed by atoms with E-state index in [1.54, 1.807) is 6.08 Å². The molecule has 0 aliphatic heterocycles. The lowest BCUT2D eigenvalue weighted by Crippen LogP contribution is -1.70. The molecule has 1 nitrogen and oxygen atoms in total. The number of hydrogen-bond donors (Lipinski definition) is 0. The molecule has 56 valence electrons. The first-order valence-corrected chi connectivity index (χ1v) is 3.52. The zero-order chi connectivity index (χ0) is 6.95. The van der Waals surface area contributed by atoms with E-state index >= 15 is 0 Å². The first-order valence-electron chi connectivity index (χ1n) is 3.52. The zero-order valence-electron chi connectivity index (χ0n) is 6.47. The van der Waals surface area contributed by atoms with Gasteiger partial charge in [0.15, 0.2) is 0 Å². The van der Waals surface area contributed by atoms with Crippen LogP contribution in [0.5, 0.6) is 0 Å². The molecule has 10 heavy (non-hydrogen) atoms. The minimum absolute atomic E-state index is 0. The molecule has 0 fully saturated rings. The van der Waals surface area contributed by atoms with Crippen molar-refractivity contribution < 1.29 is 4.79 Å². The SMILES string of the molecule is CCCCCC=CC=O.[C]. The maximum Gasteiger partial charge on any atom is 0.142 e. The van der Waals surface area contributed by atoms with Crippen molar-refractivity contribution in [2.24, 2.45) is 0 Å². The van der Waals surface area contributed by atoms with Crippen molar-refractivity contribution in [3.63, 3.8) is 0 Å². The third-order valence-electron chi connectivity index (χ3n) is 1.19. The maximum atomic E-state index is 9.75. The Hall–Kier alpha value is -0.590. The van der Waals surface area contributed by atoms with Gasteiger partial charge in [0.25, 0.3) is 0 Å². The molecule has 0 N–H and O–H groups in total. The number of hydrogen-bond acceptors (Lipinski definition) is 1. The third kappa shape index (κ3) is 10.4. The monoisotopic (exact) mass is 138 g/mol. The molecule has 0 aromatic rings. The van der Waals surface area contributed by atoms with Gasteiger partial charge >= 0.3 is 0 Å². The summed E-state index contributed by atoms with van der Waals surface area (Å²) in [6.07, 6.45) is 9.08. The largest absolute Gasteiger partial charge is 0.299 e. The second kappa shape index (κ2) is 11.2. The van der Waals surface area contributed by atoms with Crippen molar-refractivity contribution in [2.75, 3.05) is 0 Å². The third-order valence-corrected chi connectivity index (χ3v) is 1.19. The molecule has 1 heteroatoms. The molecule has 0 heterocycles. The molecule has 0 unspecified atom stereocenters. The topological polar surface area (TPSA) is 17.1 Å². The number of allylic oxidation sites excluding steroid dienone is 2. The Balaban J connectivity index is 0. The number of rotatable bonds is 5. The minimum Gasteiger partial charge on any atom is -0.299 e. The van der Waals surface area contributed by atoms with Crippen molar-refractivity contribution in [1.82, 2.24) is 0 Å². The van der Waals surface area contributed by atoms with E-state index in [1.807, 2.05) is 6.08 Å². The summed E-state index contributed by atoms with van der Waals surface area (Å²) >= 11 is 0. The summed E-state index contributed by atoms with van der Waals surface area (Å²) in [5.74, 6) is 0. The Morgan fingerprint density at radius 2 is 2.00 bits per heavy atom. The highest BCUT2D eigenvalue weighted by molar-refractivity contribution is 5.64. The Morgan fingerprint density at radius 3 is 2.50 bits per heavy atom. The van der Waals surface area contributed by atoms with Gasteiger partial charge in [0.1, 0.15) is 6.29 Å². The predicted molar refractivity (Wildman–Crippen MR) is 42.6 cm³/mol. The summed E-state index contributed by atoms with van der Waals surface area (Å²) in [5.41, 5.74) is 0. The van der Waals surface area contributed by atoms with E-state index in [2.05, 4.69) is 6.92 Å². The highest BCUT2D eigenvalue weighted by atomic mass is 16.1. The molecular formula is C9H14O. The fraction of sp³-hybridized carbons (Fsp3) is 0.556. The first-order chi connectivity index (χ1) is 4.41. The molecule has 0 aliphatic rings. The lowest BCUT2D eigenvalue weighted by atomic mass is 10.2. The van der Waals surface area contributed by atoms with Gasteiger partial charge in [-0.2, -0.15) is 0 Å². The molecule has 0 amide bonds. The van der Waals surface area contributed by atoms with Crippen LogP contribution in [-0.4, -0.2) is 6.29 Å². The molecule has 0 spiro atoms. The molecule has 0 aromatic heterocycles. The Labute approximate surface area is 64.1 Å². The first kappa shape index (κ1) is 12.1. The van der Waals surface area contributed by atoms with Gasteiger partial charge in [-0.05, 0) is 18.9 Å². The molecule has 0 bridgehead atoms. The number of carbonyl (C=O) groups is 1. The molecule has 0 rings (SSSR count). The van der Waals surface area contributed by atoms with Crippen LogP contribution in [0.15, 0.2) is 12.2 Å². The van der Waals surface area contributed by atoms with Crippen LogP contribution >= 0.6 is 0 Å². The molecule has 0 saturated heterocycles. The van der Waals surface area contributed by atoms with E-state index in [-0.39, 0.29) is 7.43 Å². The average molecular weight is 138 g/mol. The number of unbranched alkanes of at least 4 members (excludes halogenated alkanes) is 3. The molecule has 0 aromatic carbocycles. The van der Waals surface area contributed by atoms with E-state index in [0.29, 0.717) is 0 Å². The summed E-state index contributed by atoms with van der Waals surface area (Å²) in [6.45, 7) is 2.17. The minimum atomic E-state index is 0. The van der Waals surface area contributed by atoms with Crippen LogP contribution in [0.2, 0.25) is 0 Å². The summed E-state index contributed by atoms with van der Waals surface area (Å²) in [4.78, 5) is 9.75. The lowest BCUT2D eigenvalue weighted by molar-refractivity contribution is -0.104.